The summed E-state index contributed by atoms with van der Waals surface area (Å²) in [5.74, 6) is -0.390. The molecule has 1 N–H and O–H groups in total. The predicted molar refractivity (Wildman–Crippen MR) is 116 cm³/mol. The molecule has 0 aliphatic heterocycles. The molecule has 0 aliphatic carbocycles. The lowest BCUT2D eigenvalue weighted by atomic mass is 10.1. The molecule has 0 bridgehead atoms. The number of thiazole rings is 1. The first-order chi connectivity index (χ1) is 14.0. The van der Waals surface area contributed by atoms with Crippen LogP contribution < -0.4 is 10.9 Å². The Hall–Kier alpha value is -3.45. The Bertz CT molecular complexity index is 1240. The molecule has 1 amide bonds. The summed E-state index contributed by atoms with van der Waals surface area (Å²) in [5.41, 5.74) is 2.63. The number of para-hydroxylation sites is 1. The van der Waals surface area contributed by atoms with E-state index in [1.165, 1.54) is 16.0 Å². The van der Waals surface area contributed by atoms with Crippen LogP contribution in [0.5, 0.6) is 0 Å². The van der Waals surface area contributed by atoms with Crippen molar-refractivity contribution < 1.29 is 4.79 Å². The fourth-order valence-electron chi connectivity index (χ4n) is 3.25. The highest BCUT2D eigenvalue weighted by atomic mass is 32.1. The second kappa shape index (κ2) is 7.52. The number of nitrogens with one attached hydrogen (secondary N) is 1. The third kappa shape index (κ3) is 3.40. The van der Waals surface area contributed by atoms with Crippen molar-refractivity contribution in [2.75, 3.05) is 5.32 Å². The predicted octanol–water partition coefficient (Wildman–Crippen LogP) is 4.17. The SMILES string of the molecule is Cc1nc(C(=O)Nc2c(C)n(C)n(-c3ccccc3)c2=O)c(-c2ccccc2)s1. The Morgan fingerprint density at radius 3 is 2.28 bits per heavy atom. The third-order valence-electron chi connectivity index (χ3n) is 4.78. The minimum atomic E-state index is -0.390. The van der Waals surface area contributed by atoms with Crippen LogP contribution in [0.2, 0.25) is 0 Å². The highest BCUT2D eigenvalue weighted by Gasteiger charge is 2.23. The molecular formula is C22H20N4O2S. The molecular weight excluding hydrogens is 384 g/mol. The summed E-state index contributed by atoms with van der Waals surface area (Å²) in [6, 6.07) is 19.0. The van der Waals surface area contributed by atoms with Gasteiger partial charge in [0.2, 0.25) is 0 Å². The molecule has 2 aromatic heterocycles. The van der Waals surface area contributed by atoms with Gasteiger partial charge in [0.15, 0.2) is 0 Å². The van der Waals surface area contributed by atoms with Gasteiger partial charge in [-0.3, -0.25) is 14.3 Å². The number of amides is 1. The zero-order valence-electron chi connectivity index (χ0n) is 16.3. The van der Waals surface area contributed by atoms with E-state index in [4.69, 9.17) is 0 Å². The average molecular weight is 404 g/mol. The van der Waals surface area contributed by atoms with Crippen LogP contribution in [0.15, 0.2) is 65.5 Å². The van der Waals surface area contributed by atoms with Crippen LogP contribution in [0.3, 0.4) is 0 Å². The molecule has 2 aromatic carbocycles. The van der Waals surface area contributed by atoms with Crippen LogP contribution in [-0.4, -0.2) is 20.3 Å². The molecule has 0 fully saturated rings. The lowest BCUT2D eigenvalue weighted by Crippen LogP contribution is -2.23. The van der Waals surface area contributed by atoms with E-state index >= 15 is 0 Å². The number of carbonyl (C=O) groups excluding carboxylic acids is 1. The van der Waals surface area contributed by atoms with Gasteiger partial charge in [0.25, 0.3) is 11.5 Å². The fourth-order valence-corrected chi connectivity index (χ4v) is 4.17. The number of hydrogen-bond donors (Lipinski definition) is 1. The molecule has 4 aromatic rings. The van der Waals surface area contributed by atoms with Crippen LogP contribution in [0.4, 0.5) is 5.69 Å². The zero-order valence-corrected chi connectivity index (χ0v) is 17.2. The summed E-state index contributed by atoms with van der Waals surface area (Å²) >= 11 is 1.46. The number of aryl methyl sites for hydroxylation is 1. The van der Waals surface area contributed by atoms with Crippen LogP contribution in [-0.2, 0) is 7.05 Å². The summed E-state index contributed by atoms with van der Waals surface area (Å²) in [4.78, 5) is 31.3. The van der Waals surface area contributed by atoms with Crippen molar-refractivity contribution in [2.24, 2.45) is 7.05 Å². The topological polar surface area (TPSA) is 68.9 Å². The number of rotatable bonds is 4. The fraction of sp³-hybridized carbons (Fsp3) is 0.136. The second-order valence-electron chi connectivity index (χ2n) is 6.67. The quantitative estimate of drug-likeness (QED) is 0.555. The van der Waals surface area contributed by atoms with E-state index in [9.17, 15) is 9.59 Å². The van der Waals surface area contributed by atoms with Crippen LogP contribution in [0.1, 0.15) is 21.2 Å². The monoisotopic (exact) mass is 404 g/mol. The van der Waals surface area contributed by atoms with Gasteiger partial charge in [-0.1, -0.05) is 48.5 Å². The average Bonchev–Trinajstić information content (AvgIpc) is 3.23. The van der Waals surface area contributed by atoms with E-state index in [-0.39, 0.29) is 17.2 Å². The molecule has 0 spiro atoms. The molecule has 0 unspecified atom stereocenters. The van der Waals surface area contributed by atoms with E-state index in [2.05, 4.69) is 10.3 Å². The number of anilines is 1. The van der Waals surface area contributed by atoms with Gasteiger partial charge in [-0.15, -0.1) is 11.3 Å². The van der Waals surface area contributed by atoms with Gasteiger partial charge >= 0.3 is 0 Å². The standard InChI is InChI=1S/C22H20N4O2S/c1-14-18(22(28)26(25(14)3)17-12-8-5-9-13-17)24-21(27)19-20(29-15(2)23-19)16-10-6-4-7-11-16/h4-13H,1-3H3,(H,24,27). The third-order valence-corrected chi connectivity index (χ3v) is 5.80. The zero-order chi connectivity index (χ0) is 20.5. The van der Waals surface area contributed by atoms with Gasteiger partial charge in [0.05, 0.1) is 21.3 Å². The Labute approximate surface area is 172 Å². The smallest absolute Gasteiger partial charge is 0.295 e. The van der Waals surface area contributed by atoms with Crippen molar-refractivity contribution in [1.82, 2.24) is 14.3 Å². The summed E-state index contributed by atoms with van der Waals surface area (Å²) in [6.45, 7) is 3.67. The lowest BCUT2D eigenvalue weighted by molar-refractivity contribution is 0.102. The Morgan fingerprint density at radius 1 is 1.00 bits per heavy atom. The highest BCUT2D eigenvalue weighted by Crippen LogP contribution is 2.30. The van der Waals surface area contributed by atoms with E-state index in [0.29, 0.717) is 11.4 Å². The molecule has 0 radical (unpaired) electrons. The first-order valence-electron chi connectivity index (χ1n) is 9.15. The molecule has 4 rings (SSSR count). The molecule has 0 atom stereocenters. The molecule has 2 heterocycles. The van der Waals surface area contributed by atoms with Crippen molar-refractivity contribution in [3.05, 3.63) is 87.4 Å². The second-order valence-corrected chi connectivity index (χ2v) is 7.87. The van der Waals surface area contributed by atoms with Crippen molar-refractivity contribution in [3.63, 3.8) is 0 Å². The van der Waals surface area contributed by atoms with E-state index in [1.807, 2.05) is 67.6 Å². The first kappa shape index (κ1) is 18.9. The number of benzene rings is 2. The summed E-state index contributed by atoms with van der Waals surface area (Å²) in [7, 11) is 1.79. The van der Waals surface area contributed by atoms with Crippen molar-refractivity contribution >= 4 is 22.9 Å². The van der Waals surface area contributed by atoms with Crippen LogP contribution in [0, 0.1) is 13.8 Å². The van der Waals surface area contributed by atoms with E-state index in [1.54, 1.807) is 18.7 Å². The Morgan fingerprint density at radius 2 is 1.62 bits per heavy atom. The van der Waals surface area contributed by atoms with Gasteiger partial charge < -0.3 is 5.32 Å². The van der Waals surface area contributed by atoms with Crippen molar-refractivity contribution in [2.45, 2.75) is 13.8 Å². The summed E-state index contributed by atoms with van der Waals surface area (Å²) < 4.78 is 3.27. The number of hydrogen-bond acceptors (Lipinski definition) is 4. The first-order valence-corrected chi connectivity index (χ1v) is 9.97. The number of nitrogens with zero attached hydrogens (tertiary/aromatic N) is 3. The van der Waals surface area contributed by atoms with Gasteiger partial charge in [0.1, 0.15) is 11.4 Å². The molecule has 0 aliphatic rings. The van der Waals surface area contributed by atoms with E-state index in [0.717, 1.165) is 21.1 Å². The minimum Gasteiger partial charge on any atom is -0.314 e. The normalized spacial score (nSPS) is 10.9. The molecule has 29 heavy (non-hydrogen) atoms. The summed E-state index contributed by atoms with van der Waals surface area (Å²) in [6.07, 6.45) is 0. The molecule has 146 valence electrons. The summed E-state index contributed by atoms with van der Waals surface area (Å²) in [5, 5.41) is 3.59. The van der Waals surface area contributed by atoms with Crippen LogP contribution in [0.25, 0.3) is 16.1 Å². The Balaban J connectivity index is 1.74. The molecule has 7 heteroatoms. The van der Waals surface area contributed by atoms with Gasteiger partial charge in [-0.25, -0.2) is 9.67 Å². The highest BCUT2D eigenvalue weighted by molar-refractivity contribution is 7.15. The lowest BCUT2D eigenvalue weighted by Gasteiger charge is -2.07. The molecule has 0 saturated carbocycles. The van der Waals surface area contributed by atoms with Gasteiger partial charge in [-0.2, -0.15) is 0 Å². The molecule has 6 nitrogen and oxygen atoms in total. The van der Waals surface area contributed by atoms with E-state index < -0.39 is 0 Å². The molecule has 0 saturated heterocycles. The largest absolute Gasteiger partial charge is 0.314 e. The van der Waals surface area contributed by atoms with Crippen molar-refractivity contribution in [3.8, 4) is 16.1 Å². The maximum absolute atomic E-state index is 13.1. The Kier molecular flexibility index (Phi) is 4.90. The van der Waals surface area contributed by atoms with Crippen LogP contribution >= 0.6 is 11.3 Å². The van der Waals surface area contributed by atoms with Crippen molar-refractivity contribution in [1.29, 1.82) is 0 Å². The number of aromatic nitrogens is 3. The minimum absolute atomic E-state index is 0.256. The number of carbonyl (C=O) groups is 1. The maximum Gasteiger partial charge on any atom is 0.295 e. The maximum atomic E-state index is 13.1. The van der Waals surface area contributed by atoms with Gasteiger partial charge in [0, 0.05) is 7.05 Å². The van der Waals surface area contributed by atoms with Gasteiger partial charge in [-0.05, 0) is 31.5 Å².